The molecule has 1 aliphatic rings. The largest absolute Gasteiger partial charge is 0.321 e. The highest BCUT2D eigenvalue weighted by Crippen LogP contribution is 2.40. The molecule has 1 amide bonds. The zero-order valence-electron chi connectivity index (χ0n) is 24.2. The summed E-state index contributed by atoms with van der Waals surface area (Å²) in [5.41, 5.74) is 2.81. The molecule has 2 aromatic rings. The van der Waals surface area contributed by atoms with Crippen LogP contribution in [0.2, 0.25) is 0 Å². The van der Waals surface area contributed by atoms with Crippen molar-refractivity contribution >= 4 is 12.2 Å². The number of carbonyl (C=O) groups excluding carboxylic acids is 2. The fourth-order valence-electron chi connectivity index (χ4n) is 4.52. The Morgan fingerprint density at radius 1 is 1.05 bits per heavy atom. The highest BCUT2D eigenvalue weighted by molar-refractivity contribution is 5.92. The van der Waals surface area contributed by atoms with Crippen molar-refractivity contribution in [1.29, 1.82) is 10.5 Å². The van der Waals surface area contributed by atoms with E-state index in [0.717, 1.165) is 57.0 Å². The van der Waals surface area contributed by atoms with Crippen molar-refractivity contribution in [2.24, 2.45) is 0 Å². The molecule has 6 heteroatoms. The van der Waals surface area contributed by atoms with Gasteiger partial charge in [-0.2, -0.15) is 10.5 Å². The number of nitriles is 2. The summed E-state index contributed by atoms with van der Waals surface area (Å²) in [5.74, 6) is -0.0453. The summed E-state index contributed by atoms with van der Waals surface area (Å²) in [6, 6.07) is 22.9. The third kappa shape index (κ3) is 10.9. The summed E-state index contributed by atoms with van der Waals surface area (Å²) >= 11 is 0. The second-order valence-electron chi connectivity index (χ2n) is 9.48. The number of nitrogens with one attached hydrogen (secondary N) is 1. The number of amides is 1. The van der Waals surface area contributed by atoms with Crippen LogP contribution in [0.15, 0.2) is 66.4 Å². The number of hydrogen-bond acceptors (Lipinski definition) is 5. The number of nitrogens with zero attached hydrogens (tertiary/aromatic N) is 3. The number of carbonyl (C=O) groups is 2. The molecule has 208 valence electrons. The molecule has 0 radical (unpaired) electrons. The lowest BCUT2D eigenvalue weighted by Gasteiger charge is -2.36. The van der Waals surface area contributed by atoms with E-state index in [1.165, 1.54) is 17.4 Å². The Hall–Kier alpha value is -3.74. The minimum Gasteiger partial charge on any atom is -0.321 e. The first kappa shape index (κ1) is 33.3. The maximum atomic E-state index is 11.3. The van der Waals surface area contributed by atoms with Crippen LogP contribution in [0.25, 0.3) is 0 Å². The number of benzene rings is 2. The molecule has 0 heterocycles. The third-order valence-electron chi connectivity index (χ3n) is 6.94. The molecule has 6 nitrogen and oxygen atoms in total. The molecule has 0 atom stereocenters. The number of aryl methyl sites for hydroxylation is 1. The van der Waals surface area contributed by atoms with Crippen molar-refractivity contribution in [3.8, 4) is 12.1 Å². The monoisotopic (exact) mass is 528 g/mol. The van der Waals surface area contributed by atoms with E-state index < -0.39 is 5.41 Å². The van der Waals surface area contributed by atoms with Crippen LogP contribution in [0.5, 0.6) is 0 Å². The molecule has 0 aromatic heterocycles. The molecule has 0 aliphatic heterocycles. The van der Waals surface area contributed by atoms with Crippen molar-refractivity contribution in [2.75, 3.05) is 13.1 Å². The topological polar surface area (TPSA) is 97.0 Å². The lowest BCUT2D eigenvalue weighted by molar-refractivity contribution is -0.116. The van der Waals surface area contributed by atoms with E-state index in [2.05, 4.69) is 48.6 Å². The van der Waals surface area contributed by atoms with E-state index in [4.69, 9.17) is 0 Å². The van der Waals surface area contributed by atoms with Gasteiger partial charge in [0.25, 0.3) is 0 Å². The fraction of sp³-hybridized carbons (Fsp3) is 0.455. The summed E-state index contributed by atoms with van der Waals surface area (Å²) in [4.78, 5) is 23.9. The molecule has 1 aliphatic carbocycles. The Bertz CT molecular complexity index is 1120. The van der Waals surface area contributed by atoms with Crippen molar-refractivity contribution in [2.45, 2.75) is 84.6 Å². The minimum atomic E-state index is -0.589. The van der Waals surface area contributed by atoms with Gasteiger partial charge in [0.1, 0.15) is 0 Å². The number of rotatable bonds is 10. The van der Waals surface area contributed by atoms with Crippen molar-refractivity contribution in [3.63, 3.8) is 0 Å². The number of allylic oxidation sites excluding steroid dienone is 1. The standard InChI is InChI=1S/C23H28N4O2.C8H10.C2H6/c1-18(19(2)29)15-27(17-28)13-5-12-26-21-8-10-23(16-25,11-9-21)22-7-4-3-6-20(22)14-24;1-2-8-6-4-3-5-7-8;1-2/h3-4,6-7,15,17,21,26H,5,8-13H2,1-2H3;3-7H,2H2,1H3;1-2H3/b18-15-;;. The Morgan fingerprint density at radius 2 is 1.67 bits per heavy atom. The van der Waals surface area contributed by atoms with Gasteiger partial charge in [0.2, 0.25) is 6.41 Å². The van der Waals surface area contributed by atoms with Gasteiger partial charge in [0, 0.05) is 24.4 Å². The first-order valence-electron chi connectivity index (χ1n) is 14.0. The van der Waals surface area contributed by atoms with Crippen LogP contribution < -0.4 is 5.32 Å². The molecule has 2 aromatic carbocycles. The normalized spacial score (nSPS) is 18.1. The van der Waals surface area contributed by atoms with Crippen LogP contribution in [0.4, 0.5) is 0 Å². The highest BCUT2D eigenvalue weighted by Gasteiger charge is 2.38. The summed E-state index contributed by atoms with van der Waals surface area (Å²) < 4.78 is 0. The van der Waals surface area contributed by atoms with Gasteiger partial charge in [-0.05, 0) is 76.1 Å². The smallest absolute Gasteiger partial charge is 0.213 e. The minimum absolute atomic E-state index is 0.0453. The second-order valence-corrected chi connectivity index (χ2v) is 9.48. The maximum Gasteiger partial charge on any atom is 0.213 e. The van der Waals surface area contributed by atoms with Crippen molar-refractivity contribution in [1.82, 2.24) is 10.2 Å². The summed E-state index contributed by atoms with van der Waals surface area (Å²) in [7, 11) is 0. The summed E-state index contributed by atoms with van der Waals surface area (Å²) in [5, 5.41) is 22.8. The molecule has 0 bridgehead atoms. The Kier molecular flexibility index (Phi) is 15.8. The van der Waals surface area contributed by atoms with Gasteiger partial charge < -0.3 is 10.2 Å². The van der Waals surface area contributed by atoms with Gasteiger partial charge >= 0.3 is 0 Å². The Morgan fingerprint density at radius 3 is 2.18 bits per heavy atom. The second kappa shape index (κ2) is 18.5. The fourth-order valence-corrected chi connectivity index (χ4v) is 4.52. The third-order valence-corrected chi connectivity index (χ3v) is 6.94. The SMILES string of the molecule is CC.CC(=O)/C(C)=C\N(C=O)CCCNC1CCC(C#N)(c2ccccc2C#N)CC1.CCc1ccccc1. The molecule has 1 fully saturated rings. The van der Waals surface area contributed by atoms with E-state index in [1.54, 1.807) is 19.2 Å². The first-order valence-corrected chi connectivity index (χ1v) is 14.0. The maximum absolute atomic E-state index is 11.3. The van der Waals surface area contributed by atoms with Gasteiger partial charge in [-0.15, -0.1) is 0 Å². The van der Waals surface area contributed by atoms with Crippen LogP contribution in [0.3, 0.4) is 0 Å². The zero-order valence-corrected chi connectivity index (χ0v) is 24.2. The average Bonchev–Trinajstić information content (AvgIpc) is 3.00. The van der Waals surface area contributed by atoms with E-state index in [1.807, 2.05) is 38.1 Å². The van der Waals surface area contributed by atoms with Crippen LogP contribution >= 0.6 is 0 Å². The van der Waals surface area contributed by atoms with Crippen LogP contribution in [-0.2, 0) is 21.4 Å². The van der Waals surface area contributed by atoms with Gasteiger partial charge in [-0.25, -0.2) is 0 Å². The lowest BCUT2D eigenvalue weighted by Crippen LogP contribution is -2.40. The Balaban J connectivity index is 0.000000641. The molecule has 39 heavy (non-hydrogen) atoms. The van der Waals surface area contributed by atoms with Crippen LogP contribution in [-0.4, -0.2) is 36.2 Å². The van der Waals surface area contributed by atoms with Crippen molar-refractivity contribution in [3.05, 3.63) is 83.1 Å². The number of ketones is 1. The van der Waals surface area contributed by atoms with E-state index in [-0.39, 0.29) is 5.78 Å². The molecular weight excluding hydrogens is 484 g/mol. The van der Waals surface area contributed by atoms with E-state index >= 15 is 0 Å². The predicted octanol–water partition coefficient (Wildman–Crippen LogP) is 6.47. The zero-order chi connectivity index (χ0) is 29.1. The van der Waals surface area contributed by atoms with Gasteiger partial charge in [0.15, 0.2) is 5.78 Å². The number of Topliss-reactive ketones (excluding diaryl/α,β-unsaturated/α-hetero) is 1. The Labute approximate surface area is 235 Å². The van der Waals surface area contributed by atoms with E-state index in [9.17, 15) is 20.1 Å². The first-order chi connectivity index (χ1) is 18.9. The van der Waals surface area contributed by atoms with Crippen LogP contribution in [0.1, 0.15) is 83.4 Å². The van der Waals surface area contributed by atoms with Crippen LogP contribution in [0, 0.1) is 22.7 Å². The molecule has 1 saturated carbocycles. The average molecular weight is 529 g/mol. The summed E-state index contributed by atoms with van der Waals surface area (Å²) in [6.45, 7) is 10.7. The molecule has 1 N–H and O–H groups in total. The predicted molar refractivity (Wildman–Crippen MR) is 158 cm³/mol. The van der Waals surface area contributed by atoms with E-state index in [0.29, 0.717) is 23.7 Å². The summed E-state index contributed by atoms with van der Waals surface area (Å²) in [6.07, 6.45) is 7.42. The highest BCUT2D eigenvalue weighted by atomic mass is 16.1. The van der Waals surface area contributed by atoms with Gasteiger partial charge in [-0.3, -0.25) is 9.59 Å². The van der Waals surface area contributed by atoms with Gasteiger partial charge in [-0.1, -0.05) is 69.3 Å². The van der Waals surface area contributed by atoms with Gasteiger partial charge in [0.05, 0.1) is 23.1 Å². The molecule has 0 spiro atoms. The molecule has 3 rings (SSSR count). The molecular formula is C33H44N4O2. The quantitative estimate of drug-likeness (QED) is 0.217. The molecule has 0 unspecified atom stereocenters. The molecule has 0 saturated heterocycles. The van der Waals surface area contributed by atoms with Crippen molar-refractivity contribution < 1.29 is 9.59 Å². The lowest BCUT2D eigenvalue weighted by atomic mass is 9.68. The number of hydrogen-bond donors (Lipinski definition) is 1.